The highest BCUT2D eigenvalue weighted by Gasteiger charge is 2.14. The van der Waals surface area contributed by atoms with Gasteiger partial charge in [-0.15, -0.1) is 12.4 Å². The zero-order valence-electron chi connectivity index (χ0n) is 6.23. The van der Waals surface area contributed by atoms with Crippen LogP contribution in [-0.2, 0) is 4.79 Å². The molecule has 2 heterocycles. The van der Waals surface area contributed by atoms with Crippen LogP contribution < -0.4 is 0 Å². The van der Waals surface area contributed by atoms with Crippen molar-refractivity contribution in [3.8, 4) is 0 Å². The fourth-order valence-electron chi connectivity index (χ4n) is 1.10. The van der Waals surface area contributed by atoms with E-state index in [2.05, 4.69) is 9.98 Å². The maximum Gasteiger partial charge on any atom is 0.164 e. The van der Waals surface area contributed by atoms with Gasteiger partial charge in [0, 0.05) is 12.6 Å². The van der Waals surface area contributed by atoms with Gasteiger partial charge in [0.2, 0.25) is 0 Å². The molecule has 0 spiro atoms. The van der Waals surface area contributed by atoms with Crippen molar-refractivity contribution >= 4 is 30.6 Å². The average Bonchev–Trinajstić information content (AvgIpc) is 2.50. The summed E-state index contributed by atoms with van der Waals surface area (Å²) in [5, 5.41) is 0. The van der Waals surface area contributed by atoms with Gasteiger partial charge in [0.15, 0.2) is 6.29 Å². The molecule has 0 fully saturated rings. The number of hydrogen-bond donors (Lipinski definition) is 0. The van der Waals surface area contributed by atoms with Crippen LogP contribution in [0.15, 0.2) is 33.5 Å². The van der Waals surface area contributed by atoms with Crippen LogP contribution in [0.1, 0.15) is 6.42 Å². The summed E-state index contributed by atoms with van der Waals surface area (Å²) >= 11 is 0. The minimum atomic E-state index is 0. The number of aliphatic imine (C=N–C) groups is 2. The predicted molar refractivity (Wildman–Crippen MR) is 50.0 cm³/mol. The van der Waals surface area contributed by atoms with E-state index in [1.165, 1.54) is 0 Å². The number of halogens is 1. The molecule has 4 heteroatoms. The summed E-state index contributed by atoms with van der Waals surface area (Å²) in [6, 6.07) is 0. The first kappa shape index (κ1) is 8.87. The Hall–Kier alpha value is -1.22. The lowest BCUT2D eigenvalue weighted by molar-refractivity contribution is -0.102. The van der Waals surface area contributed by atoms with Gasteiger partial charge >= 0.3 is 0 Å². The van der Waals surface area contributed by atoms with Crippen LogP contribution in [0.4, 0.5) is 0 Å². The number of carbonyl (C=O) groups is 1. The van der Waals surface area contributed by atoms with Crippen molar-refractivity contribution in [2.45, 2.75) is 6.42 Å². The zero-order chi connectivity index (χ0) is 7.68. The van der Waals surface area contributed by atoms with Crippen molar-refractivity contribution in [3.63, 3.8) is 0 Å². The molecule has 0 aromatic heterocycles. The molecule has 2 aliphatic heterocycles. The molecular formula is C8H7ClN2O. The number of fused-ring (bicyclic) bond motifs is 1. The molecule has 0 atom stereocenters. The first-order chi connectivity index (χ1) is 5.40. The van der Waals surface area contributed by atoms with Gasteiger partial charge in [-0.2, -0.15) is 0 Å². The second-order valence-electron chi connectivity index (χ2n) is 2.40. The first-order valence-corrected chi connectivity index (χ1v) is 3.36. The zero-order valence-corrected chi connectivity index (χ0v) is 7.04. The predicted octanol–water partition coefficient (Wildman–Crippen LogP) is 1.30. The van der Waals surface area contributed by atoms with E-state index in [9.17, 15) is 4.79 Å². The largest absolute Gasteiger partial charge is 0.297 e. The Kier molecular flexibility index (Phi) is 2.55. The molecule has 0 unspecified atom stereocenters. The molecular weight excluding hydrogens is 176 g/mol. The summed E-state index contributed by atoms with van der Waals surface area (Å²) in [5.41, 5.74) is 2.54. The lowest BCUT2D eigenvalue weighted by atomic mass is 10.1. The molecule has 0 aromatic rings. The SMILES string of the molecule is Cl.O=CC1=NC=C2N=CC=C2C1. The van der Waals surface area contributed by atoms with Gasteiger partial charge in [-0.3, -0.25) is 14.8 Å². The molecule has 0 aliphatic carbocycles. The Morgan fingerprint density at radius 1 is 1.50 bits per heavy atom. The van der Waals surface area contributed by atoms with Crippen molar-refractivity contribution < 1.29 is 4.79 Å². The fraction of sp³-hybridized carbons (Fsp3) is 0.125. The average molecular weight is 183 g/mol. The van der Waals surface area contributed by atoms with E-state index in [1.54, 1.807) is 12.4 Å². The molecule has 12 heavy (non-hydrogen) atoms. The maximum atomic E-state index is 10.3. The maximum absolute atomic E-state index is 10.3. The smallest absolute Gasteiger partial charge is 0.164 e. The Labute approximate surface area is 76.0 Å². The van der Waals surface area contributed by atoms with E-state index in [0.717, 1.165) is 17.6 Å². The second-order valence-corrected chi connectivity index (χ2v) is 2.40. The Bertz CT molecular complexity index is 326. The second kappa shape index (κ2) is 3.45. The lowest BCUT2D eigenvalue weighted by Crippen LogP contribution is -2.05. The Balaban J connectivity index is 0.000000720. The van der Waals surface area contributed by atoms with Crippen molar-refractivity contribution in [2.75, 3.05) is 0 Å². The van der Waals surface area contributed by atoms with Crippen molar-refractivity contribution in [3.05, 3.63) is 23.5 Å². The van der Waals surface area contributed by atoms with Crippen LogP contribution in [0.3, 0.4) is 0 Å². The minimum Gasteiger partial charge on any atom is -0.297 e. The van der Waals surface area contributed by atoms with Gasteiger partial charge in [0.1, 0.15) is 0 Å². The van der Waals surface area contributed by atoms with Gasteiger partial charge in [-0.25, -0.2) is 0 Å². The van der Waals surface area contributed by atoms with E-state index < -0.39 is 0 Å². The van der Waals surface area contributed by atoms with E-state index >= 15 is 0 Å². The fourth-order valence-corrected chi connectivity index (χ4v) is 1.10. The normalized spacial score (nSPS) is 18.5. The standard InChI is InChI=1S/C8H6N2O.ClH/c11-5-7-3-6-1-2-9-8(6)4-10-7;/h1-2,4-5H,3H2;1H. The van der Waals surface area contributed by atoms with Crippen LogP contribution in [-0.4, -0.2) is 18.2 Å². The molecule has 0 N–H and O–H groups in total. The molecule has 0 aromatic carbocycles. The molecule has 2 rings (SSSR count). The molecule has 0 saturated carbocycles. The van der Waals surface area contributed by atoms with E-state index in [0.29, 0.717) is 12.1 Å². The number of allylic oxidation sites excluding steroid dienone is 2. The summed E-state index contributed by atoms with van der Waals surface area (Å²) in [4.78, 5) is 18.3. The third kappa shape index (κ3) is 1.36. The molecule has 0 amide bonds. The minimum absolute atomic E-state index is 0. The van der Waals surface area contributed by atoms with Gasteiger partial charge in [-0.05, 0) is 11.6 Å². The lowest BCUT2D eigenvalue weighted by Gasteiger charge is -2.06. The van der Waals surface area contributed by atoms with Gasteiger partial charge in [-0.1, -0.05) is 0 Å². The Morgan fingerprint density at radius 3 is 3.08 bits per heavy atom. The number of carbonyl (C=O) groups excluding carboxylic acids is 1. The number of aldehydes is 1. The van der Waals surface area contributed by atoms with Gasteiger partial charge in [0.05, 0.1) is 17.6 Å². The third-order valence-electron chi connectivity index (χ3n) is 1.68. The quantitative estimate of drug-likeness (QED) is 0.564. The molecule has 0 saturated heterocycles. The van der Waals surface area contributed by atoms with Crippen LogP contribution in [0, 0.1) is 0 Å². The number of nitrogens with zero attached hydrogens (tertiary/aromatic N) is 2. The molecule has 0 bridgehead atoms. The highest BCUT2D eigenvalue weighted by Crippen LogP contribution is 2.22. The van der Waals surface area contributed by atoms with Crippen LogP contribution in [0.2, 0.25) is 0 Å². The molecule has 3 nitrogen and oxygen atoms in total. The molecule has 0 radical (unpaired) electrons. The summed E-state index contributed by atoms with van der Waals surface area (Å²) in [6.07, 6.45) is 6.67. The molecule has 2 aliphatic rings. The topological polar surface area (TPSA) is 41.8 Å². The van der Waals surface area contributed by atoms with Crippen molar-refractivity contribution in [1.82, 2.24) is 0 Å². The summed E-state index contributed by atoms with van der Waals surface area (Å²) in [5.74, 6) is 0. The van der Waals surface area contributed by atoms with Crippen LogP contribution in [0.25, 0.3) is 0 Å². The van der Waals surface area contributed by atoms with Crippen molar-refractivity contribution in [1.29, 1.82) is 0 Å². The van der Waals surface area contributed by atoms with Crippen LogP contribution >= 0.6 is 12.4 Å². The first-order valence-electron chi connectivity index (χ1n) is 3.36. The van der Waals surface area contributed by atoms with E-state index in [1.807, 2.05) is 6.08 Å². The van der Waals surface area contributed by atoms with E-state index in [-0.39, 0.29) is 12.4 Å². The third-order valence-corrected chi connectivity index (χ3v) is 1.68. The van der Waals surface area contributed by atoms with Crippen molar-refractivity contribution in [2.24, 2.45) is 9.98 Å². The van der Waals surface area contributed by atoms with Crippen LogP contribution in [0.5, 0.6) is 0 Å². The monoisotopic (exact) mass is 182 g/mol. The summed E-state index contributed by atoms with van der Waals surface area (Å²) in [7, 11) is 0. The summed E-state index contributed by atoms with van der Waals surface area (Å²) < 4.78 is 0. The highest BCUT2D eigenvalue weighted by molar-refractivity contribution is 6.29. The van der Waals surface area contributed by atoms with Gasteiger partial charge in [0.25, 0.3) is 0 Å². The van der Waals surface area contributed by atoms with E-state index in [4.69, 9.17) is 0 Å². The highest BCUT2D eigenvalue weighted by atomic mass is 35.5. The molecule has 62 valence electrons. The Morgan fingerprint density at radius 2 is 2.33 bits per heavy atom. The van der Waals surface area contributed by atoms with Gasteiger partial charge < -0.3 is 0 Å². The number of rotatable bonds is 1. The number of hydrogen-bond acceptors (Lipinski definition) is 3. The summed E-state index contributed by atoms with van der Waals surface area (Å²) in [6.45, 7) is 0.